The van der Waals surface area contributed by atoms with Crippen molar-refractivity contribution in [1.82, 2.24) is 9.55 Å². The van der Waals surface area contributed by atoms with Gasteiger partial charge in [0, 0.05) is 18.2 Å². The summed E-state index contributed by atoms with van der Waals surface area (Å²) in [4.78, 5) is 53.9. The Kier molecular flexibility index (Phi) is 7.40. The normalized spacial score (nSPS) is 14.7. The van der Waals surface area contributed by atoms with Gasteiger partial charge in [0.25, 0.3) is 0 Å². The zero-order valence-corrected chi connectivity index (χ0v) is 18.4. The summed E-state index contributed by atoms with van der Waals surface area (Å²) in [5, 5.41) is 0. The van der Waals surface area contributed by atoms with Crippen LogP contribution < -0.4 is 0 Å². The zero-order chi connectivity index (χ0) is 23.3. The smallest absolute Gasteiger partial charge is 0.374 e. The van der Waals surface area contributed by atoms with Crippen molar-refractivity contribution in [3.63, 3.8) is 0 Å². The molecule has 0 amide bonds. The van der Waals surface area contributed by atoms with Crippen LogP contribution in [-0.2, 0) is 43.1 Å². The van der Waals surface area contributed by atoms with E-state index in [1.165, 1.54) is 10.8 Å². The summed E-state index contributed by atoms with van der Waals surface area (Å²) in [6.45, 7) is 5.74. The fourth-order valence-electron chi connectivity index (χ4n) is 3.80. The van der Waals surface area contributed by atoms with Crippen molar-refractivity contribution in [2.24, 2.45) is 0 Å². The van der Waals surface area contributed by atoms with E-state index in [0.717, 1.165) is 5.56 Å². The molecule has 0 N–H and O–H groups in total. The number of rotatable bonds is 9. The van der Waals surface area contributed by atoms with Crippen LogP contribution in [0, 0.1) is 0 Å². The third-order valence-corrected chi connectivity index (χ3v) is 5.09. The molecular formula is C23H26N2O7. The first-order chi connectivity index (χ1) is 15.4. The molecule has 1 aromatic heterocycles. The highest BCUT2D eigenvalue weighted by molar-refractivity contribution is 6.04. The van der Waals surface area contributed by atoms with E-state index in [4.69, 9.17) is 14.2 Å². The summed E-state index contributed by atoms with van der Waals surface area (Å²) < 4.78 is 16.6. The minimum atomic E-state index is -0.740. The highest BCUT2D eigenvalue weighted by Gasteiger charge is 2.36. The molecule has 32 heavy (non-hydrogen) atoms. The van der Waals surface area contributed by atoms with Crippen LogP contribution in [0.4, 0.5) is 0 Å². The number of imidazole rings is 1. The highest BCUT2D eigenvalue weighted by atomic mass is 16.5. The maximum absolute atomic E-state index is 13.2. The Morgan fingerprint density at radius 3 is 2.31 bits per heavy atom. The molecule has 170 valence electrons. The summed E-state index contributed by atoms with van der Waals surface area (Å²) >= 11 is 0. The lowest BCUT2D eigenvalue weighted by Gasteiger charge is -2.13. The van der Waals surface area contributed by atoms with Gasteiger partial charge in [-0.1, -0.05) is 18.2 Å². The van der Waals surface area contributed by atoms with Crippen molar-refractivity contribution in [3.8, 4) is 0 Å². The fourth-order valence-corrected chi connectivity index (χ4v) is 3.80. The first kappa shape index (κ1) is 23.2. The third kappa shape index (κ3) is 4.87. The topological polar surface area (TPSA) is 114 Å². The number of benzene rings is 1. The van der Waals surface area contributed by atoms with Gasteiger partial charge >= 0.3 is 17.9 Å². The van der Waals surface area contributed by atoms with Gasteiger partial charge in [0.15, 0.2) is 5.78 Å². The Labute approximate surface area is 185 Å². The van der Waals surface area contributed by atoms with Gasteiger partial charge in [-0.3, -0.25) is 14.4 Å². The van der Waals surface area contributed by atoms with Gasteiger partial charge in [-0.25, -0.2) is 9.78 Å². The van der Waals surface area contributed by atoms with Crippen LogP contribution in [0.25, 0.3) is 0 Å². The van der Waals surface area contributed by atoms with Crippen LogP contribution >= 0.6 is 0 Å². The quantitative estimate of drug-likeness (QED) is 0.429. The second-order valence-corrected chi connectivity index (χ2v) is 7.17. The molecule has 0 fully saturated rings. The van der Waals surface area contributed by atoms with Crippen LogP contribution in [0.5, 0.6) is 0 Å². The maximum atomic E-state index is 13.2. The number of esters is 3. The summed E-state index contributed by atoms with van der Waals surface area (Å²) in [5.74, 6) is -1.78. The van der Waals surface area contributed by atoms with E-state index in [1.807, 2.05) is 0 Å². The van der Waals surface area contributed by atoms with Crippen molar-refractivity contribution >= 4 is 23.7 Å². The first-order valence-electron chi connectivity index (χ1n) is 10.6. The molecule has 9 nitrogen and oxygen atoms in total. The van der Waals surface area contributed by atoms with Gasteiger partial charge in [0.2, 0.25) is 5.82 Å². The zero-order valence-electron chi connectivity index (χ0n) is 18.4. The average molecular weight is 442 g/mol. The molecular weight excluding hydrogens is 416 g/mol. The molecule has 1 unspecified atom stereocenters. The van der Waals surface area contributed by atoms with Crippen molar-refractivity contribution < 1.29 is 33.4 Å². The Hall–Kier alpha value is -3.49. The van der Waals surface area contributed by atoms with Crippen LogP contribution in [0.2, 0.25) is 0 Å². The Morgan fingerprint density at radius 2 is 1.66 bits per heavy atom. The average Bonchev–Trinajstić information content (AvgIpc) is 3.30. The largest absolute Gasteiger partial charge is 0.466 e. The van der Waals surface area contributed by atoms with E-state index in [0.29, 0.717) is 16.8 Å². The van der Waals surface area contributed by atoms with Crippen LogP contribution in [0.15, 0.2) is 24.4 Å². The predicted octanol–water partition coefficient (Wildman–Crippen LogP) is 2.25. The molecule has 1 atom stereocenters. The molecule has 0 spiro atoms. The SMILES string of the molecule is CCOC(=O)Cc1cn(C2Cc3c(CC(=O)OCC)cccc3C2=O)c(C(=O)OCC)n1. The molecule has 1 heterocycles. The van der Waals surface area contributed by atoms with Crippen LogP contribution in [0.1, 0.15) is 64.6 Å². The van der Waals surface area contributed by atoms with Crippen molar-refractivity contribution in [3.05, 3.63) is 52.6 Å². The summed E-state index contributed by atoms with van der Waals surface area (Å²) in [5.41, 5.74) is 2.25. The van der Waals surface area contributed by atoms with Crippen LogP contribution in [0.3, 0.4) is 0 Å². The van der Waals surface area contributed by atoms with Gasteiger partial charge in [-0.05, 0) is 31.9 Å². The Morgan fingerprint density at radius 1 is 1.00 bits per heavy atom. The van der Waals surface area contributed by atoms with Crippen LogP contribution in [-0.4, -0.2) is 53.1 Å². The molecule has 0 saturated heterocycles. The van der Waals surface area contributed by atoms with E-state index in [9.17, 15) is 19.2 Å². The minimum absolute atomic E-state index is 0.0516. The van der Waals surface area contributed by atoms with Gasteiger partial charge in [-0.2, -0.15) is 0 Å². The maximum Gasteiger partial charge on any atom is 0.374 e. The Balaban J connectivity index is 1.95. The molecule has 0 radical (unpaired) electrons. The van der Waals surface area contributed by atoms with Crippen molar-refractivity contribution in [2.45, 2.75) is 46.1 Å². The number of hydrogen-bond acceptors (Lipinski definition) is 8. The second-order valence-electron chi connectivity index (χ2n) is 7.17. The van der Waals surface area contributed by atoms with Gasteiger partial charge in [-0.15, -0.1) is 0 Å². The standard InChI is InChI=1S/C23H26N2O7/c1-4-30-19(26)10-14-8-7-9-16-17(14)12-18(21(16)28)25-13-15(11-20(27)31-5-2)24-22(25)23(29)32-6-3/h7-9,13,18H,4-6,10-12H2,1-3H3. The molecule has 0 saturated carbocycles. The number of nitrogens with zero attached hydrogens (tertiary/aromatic N) is 2. The van der Waals surface area contributed by atoms with Gasteiger partial charge in [0.05, 0.1) is 38.4 Å². The van der Waals surface area contributed by atoms with Gasteiger partial charge < -0.3 is 18.8 Å². The van der Waals surface area contributed by atoms with Crippen molar-refractivity contribution in [2.75, 3.05) is 19.8 Å². The number of carbonyl (C=O) groups is 4. The summed E-state index contributed by atoms with van der Waals surface area (Å²) in [6, 6.07) is 4.47. The van der Waals surface area contributed by atoms with E-state index in [-0.39, 0.29) is 56.7 Å². The highest BCUT2D eigenvalue weighted by Crippen LogP contribution is 2.34. The lowest BCUT2D eigenvalue weighted by molar-refractivity contribution is -0.143. The number of carbonyl (C=O) groups excluding carboxylic acids is 4. The van der Waals surface area contributed by atoms with E-state index in [1.54, 1.807) is 39.0 Å². The fraction of sp³-hybridized carbons (Fsp3) is 0.435. The molecule has 1 aliphatic rings. The summed E-state index contributed by atoms with van der Waals surface area (Å²) in [6.07, 6.45) is 1.73. The second kappa shape index (κ2) is 10.2. The molecule has 0 bridgehead atoms. The Bertz CT molecular complexity index is 1040. The number of Topliss-reactive ketones (excluding diaryl/α,β-unsaturated/α-hetero) is 1. The van der Waals surface area contributed by atoms with Gasteiger partial charge in [0.1, 0.15) is 6.04 Å². The molecule has 1 aromatic carbocycles. The lowest BCUT2D eigenvalue weighted by atomic mass is 10.0. The van der Waals surface area contributed by atoms with E-state index < -0.39 is 18.0 Å². The third-order valence-electron chi connectivity index (χ3n) is 5.09. The predicted molar refractivity (Wildman–Crippen MR) is 112 cm³/mol. The molecule has 2 aromatic rings. The number of ketones is 1. The van der Waals surface area contributed by atoms with E-state index >= 15 is 0 Å². The number of fused-ring (bicyclic) bond motifs is 1. The number of hydrogen-bond donors (Lipinski definition) is 0. The number of ether oxygens (including phenoxy) is 3. The van der Waals surface area contributed by atoms with Crippen molar-refractivity contribution in [1.29, 1.82) is 0 Å². The molecule has 0 aliphatic heterocycles. The lowest BCUT2D eigenvalue weighted by Crippen LogP contribution is -2.21. The number of aromatic nitrogens is 2. The molecule has 1 aliphatic carbocycles. The summed E-state index contributed by atoms with van der Waals surface area (Å²) in [7, 11) is 0. The monoisotopic (exact) mass is 442 g/mol. The molecule has 3 rings (SSSR count). The first-order valence-corrected chi connectivity index (χ1v) is 10.6. The molecule has 9 heteroatoms. The van der Waals surface area contributed by atoms with E-state index in [2.05, 4.69) is 4.98 Å². The minimum Gasteiger partial charge on any atom is -0.466 e.